The van der Waals surface area contributed by atoms with Gasteiger partial charge in [-0.1, -0.05) is 0 Å². The number of amides is 1. The highest BCUT2D eigenvalue weighted by atomic mass is 16.5. The molecule has 3 rings (SSSR count). The van der Waals surface area contributed by atoms with Crippen LogP contribution in [0.25, 0.3) is 11.3 Å². The number of rotatable bonds is 2. The quantitative estimate of drug-likeness (QED) is 0.896. The average molecular weight is 270 g/mol. The van der Waals surface area contributed by atoms with E-state index in [9.17, 15) is 4.79 Å². The van der Waals surface area contributed by atoms with Crippen molar-refractivity contribution in [1.82, 2.24) is 10.2 Å². The van der Waals surface area contributed by atoms with Gasteiger partial charge in [0, 0.05) is 19.7 Å². The van der Waals surface area contributed by atoms with Crippen LogP contribution in [-0.2, 0) is 4.79 Å². The molecule has 20 heavy (non-hydrogen) atoms. The lowest BCUT2D eigenvalue weighted by Gasteiger charge is -2.26. The van der Waals surface area contributed by atoms with E-state index in [0.717, 1.165) is 16.9 Å². The molecule has 1 aromatic carbocycles. The molecule has 0 bridgehead atoms. The van der Waals surface area contributed by atoms with Crippen LogP contribution in [0.15, 0.2) is 30.3 Å². The van der Waals surface area contributed by atoms with Crippen molar-refractivity contribution in [1.29, 1.82) is 0 Å². The molecule has 0 fully saturated rings. The lowest BCUT2D eigenvalue weighted by Crippen LogP contribution is -2.35. The van der Waals surface area contributed by atoms with Crippen molar-refractivity contribution in [3.8, 4) is 17.0 Å². The fourth-order valence-electron chi connectivity index (χ4n) is 2.05. The van der Waals surface area contributed by atoms with Crippen molar-refractivity contribution in [2.45, 2.75) is 0 Å². The van der Waals surface area contributed by atoms with Gasteiger partial charge in [-0.25, -0.2) is 0 Å². The van der Waals surface area contributed by atoms with Crippen molar-refractivity contribution in [2.75, 3.05) is 30.9 Å². The van der Waals surface area contributed by atoms with Gasteiger partial charge in [0.1, 0.15) is 11.6 Å². The zero-order valence-electron chi connectivity index (χ0n) is 11.3. The minimum absolute atomic E-state index is 0.0636. The summed E-state index contributed by atoms with van der Waals surface area (Å²) in [6.45, 7) is 0.0829. The first-order valence-electron chi connectivity index (χ1n) is 6.24. The Morgan fingerprint density at radius 3 is 2.80 bits per heavy atom. The van der Waals surface area contributed by atoms with Crippen LogP contribution in [0.1, 0.15) is 0 Å². The third-order valence-corrected chi connectivity index (χ3v) is 3.26. The number of nitrogens with one attached hydrogen (secondary N) is 1. The van der Waals surface area contributed by atoms with E-state index >= 15 is 0 Å². The van der Waals surface area contributed by atoms with Crippen LogP contribution in [0.5, 0.6) is 5.75 Å². The van der Waals surface area contributed by atoms with Gasteiger partial charge in [0.05, 0.1) is 11.4 Å². The van der Waals surface area contributed by atoms with Crippen molar-refractivity contribution in [2.24, 2.45) is 0 Å². The summed E-state index contributed by atoms with van der Waals surface area (Å²) in [4.78, 5) is 13.2. The number of hydrogen-bond donors (Lipinski definition) is 1. The zero-order valence-corrected chi connectivity index (χ0v) is 11.3. The van der Waals surface area contributed by atoms with Gasteiger partial charge in [0.25, 0.3) is 5.91 Å². The zero-order chi connectivity index (χ0) is 14.1. The molecule has 2 aromatic rings. The summed E-state index contributed by atoms with van der Waals surface area (Å²) in [5.74, 6) is 1.35. The second-order valence-electron chi connectivity index (χ2n) is 4.48. The molecular formula is C14H14N4O2. The second-order valence-corrected chi connectivity index (χ2v) is 4.48. The van der Waals surface area contributed by atoms with Crippen molar-refractivity contribution < 1.29 is 9.53 Å². The van der Waals surface area contributed by atoms with E-state index in [1.54, 1.807) is 19.0 Å². The molecule has 1 aliphatic heterocycles. The first-order chi connectivity index (χ1) is 9.69. The van der Waals surface area contributed by atoms with E-state index in [2.05, 4.69) is 15.5 Å². The smallest absolute Gasteiger partial charge is 0.264 e. The van der Waals surface area contributed by atoms with Crippen LogP contribution in [0.2, 0.25) is 0 Å². The topological polar surface area (TPSA) is 67.4 Å². The SMILES string of the molecule is CNc1ccc(-c2ccc3c(c2)N(C)C(=O)CO3)nn1. The Bertz CT molecular complexity index is 655. The van der Waals surface area contributed by atoms with Crippen molar-refractivity contribution >= 4 is 17.4 Å². The number of carbonyl (C=O) groups is 1. The number of benzene rings is 1. The van der Waals surface area contributed by atoms with E-state index in [-0.39, 0.29) is 12.5 Å². The maximum absolute atomic E-state index is 11.7. The lowest BCUT2D eigenvalue weighted by atomic mass is 10.1. The first-order valence-corrected chi connectivity index (χ1v) is 6.24. The molecular weight excluding hydrogens is 256 g/mol. The van der Waals surface area contributed by atoms with Gasteiger partial charge >= 0.3 is 0 Å². The minimum atomic E-state index is -0.0636. The normalized spacial score (nSPS) is 13.7. The number of aromatic nitrogens is 2. The number of ether oxygens (including phenoxy) is 1. The molecule has 0 aliphatic carbocycles. The molecule has 2 heterocycles. The second kappa shape index (κ2) is 4.80. The Morgan fingerprint density at radius 2 is 2.10 bits per heavy atom. The predicted octanol–water partition coefficient (Wildman–Crippen LogP) is 1.54. The predicted molar refractivity (Wildman–Crippen MR) is 75.9 cm³/mol. The summed E-state index contributed by atoms with van der Waals surface area (Å²) < 4.78 is 5.40. The molecule has 0 unspecified atom stereocenters. The summed E-state index contributed by atoms with van der Waals surface area (Å²) in [6, 6.07) is 9.38. The number of anilines is 2. The molecule has 0 spiro atoms. The Morgan fingerprint density at radius 1 is 1.25 bits per heavy atom. The number of likely N-dealkylation sites (N-methyl/N-ethyl adjacent to an activating group) is 1. The fourth-order valence-corrected chi connectivity index (χ4v) is 2.05. The van der Waals surface area contributed by atoms with Gasteiger partial charge in [0.15, 0.2) is 6.61 Å². The Kier molecular flexibility index (Phi) is 2.98. The summed E-state index contributed by atoms with van der Waals surface area (Å²) in [6.07, 6.45) is 0. The van der Waals surface area contributed by atoms with E-state index in [1.807, 2.05) is 30.3 Å². The van der Waals surface area contributed by atoms with Gasteiger partial charge in [0.2, 0.25) is 0 Å². The third kappa shape index (κ3) is 2.05. The van der Waals surface area contributed by atoms with Gasteiger partial charge in [-0.2, -0.15) is 0 Å². The number of carbonyl (C=O) groups excluding carboxylic acids is 1. The highest BCUT2D eigenvalue weighted by Gasteiger charge is 2.22. The van der Waals surface area contributed by atoms with Crippen LogP contribution in [0, 0.1) is 0 Å². The monoisotopic (exact) mass is 270 g/mol. The molecule has 0 radical (unpaired) electrons. The summed E-state index contributed by atoms with van der Waals surface area (Å²) in [5.41, 5.74) is 2.39. The number of hydrogen-bond acceptors (Lipinski definition) is 5. The van der Waals surface area contributed by atoms with E-state index < -0.39 is 0 Å². The molecule has 1 aromatic heterocycles. The van der Waals surface area contributed by atoms with Gasteiger partial charge in [-0.05, 0) is 30.3 Å². The first kappa shape index (κ1) is 12.4. The molecule has 102 valence electrons. The lowest BCUT2D eigenvalue weighted by molar-refractivity contribution is -0.120. The Hall–Kier alpha value is -2.63. The standard InChI is InChI=1S/C14H14N4O2/c1-15-13-6-4-10(16-17-13)9-3-5-12-11(7-9)18(2)14(19)8-20-12/h3-7H,8H2,1-2H3,(H,15,17). The Labute approximate surface area is 116 Å². The fraction of sp³-hybridized carbons (Fsp3) is 0.214. The van der Waals surface area contributed by atoms with Crippen LogP contribution in [0.3, 0.4) is 0 Å². The summed E-state index contributed by atoms with van der Waals surface area (Å²) >= 11 is 0. The third-order valence-electron chi connectivity index (χ3n) is 3.26. The highest BCUT2D eigenvalue weighted by molar-refractivity contribution is 5.98. The molecule has 1 aliphatic rings. The number of fused-ring (bicyclic) bond motifs is 1. The summed E-state index contributed by atoms with van der Waals surface area (Å²) in [7, 11) is 3.53. The Balaban J connectivity index is 2.00. The largest absolute Gasteiger partial charge is 0.482 e. The number of nitrogens with zero attached hydrogens (tertiary/aromatic N) is 3. The van der Waals surface area contributed by atoms with Crippen LogP contribution < -0.4 is 15.0 Å². The molecule has 6 heteroatoms. The van der Waals surface area contributed by atoms with Crippen molar-refractivity contribution in [3.63, 3.8) is 0 Å². The van der Waals surface area contributed by atoms with Crippen LogP contribution in [-0.4, -0.2) is 36.8 Å². The molecule has 0 saturated heterocycles. The van der Waals surface area contributed by atoms with E-state index in [4.69, 9.17) is 4.74 Å². The molecule has 6 nitrogen and oxygen atoms in total. The van der Waals surface area contributed by atoms with Crippen LogP contribution in [0.4, 0.5) is 11.5 Å². The minimum Gasteiger partial charge on any atom is -0.482 e. The molecule has 1 N–H and O–H groups in total. The van der Waals surface area contributed by atoms with Gasteiger partial charge in [-0.3, -0.25) is 4.79 Å². The van der Waals surface area contributed by atoms with Gasteiger partial charge < -0.3 is 15.0 Å². The molecule has 0 atom stereocenters. The van der Waals surface area contributed by atoms with E-state index in [1.165, 1.54) is 0 Å². The average Bonchev–Trinajstić information content (AvgIpc) is 2.51. The van der Waals surface area contributed by atoms with Gasteiger partial charge in [-0.15, -0.1) is 10.2 Å². The molecule has 0 saturated carbocycles. The maximum atomic E-state index is 11.7. The summed E-state index contributed by atoms with van der Waals surface area (Å²) in [5, 5.41) is 11.1. The molecule has 1 amide bonds. The van der Waals surface area contributed by atoms with Crippen molar-refractivity contribution in [3.05, 3.63) is 30.3 Å². The van der Waals surface area contributed by atoms with Crippen LogP contribution >= 0.6 is 0 Å². The maximum Gasteiger partial charge on any atom is 0.264 e. The highest BCUT2D eigenvalue weighted by Crippen LogP contribution is 2.34. The van der Waals surface area contributed by atoms with E-state index in [0.29, 0.717) is 11.6 Å².